The summed E-state index contributed by atoms with van der Waals surface area (Å²) in [5.74, 6) is -1.06. The minimum atomic E-state index is -0.809. The van der Waals surface area contributed by atoms with Gasteiger partial charge in [-0.1, -0.05) is 66.2 Å². The summed E-state index contributed by atoms with van der Waals surface area (Å²) in [6, 6.07) is 20.5. The van der Waals surface area contributed by atoms with Crippen molar-refractivity contribution >= 4 is 51.9 Å². The number of hydrogen-bond donors (Lipinski definition) is 5. The molecule has 50 heavy (non-hydrogen) atoms. The Labute approximate surface area is 304 Å². The molecule has 1 aliphatic rings. The Kier molecular flexibility index (Phi) is 13.9. The Morgan fingerprint density at radius 1 is 0.880 bits per heavy atom. The van der Waals surface area contributed by atoms with Gasteiger partial charge in [0.25, 0.3) is 0 Å². The molecule has 0 saturated carbocycles. The van der Waals surface area contributed by atoms with Crippen molar-refractivity contribution in [1.82, 2.24) is 20.5 Å². The van der Waals surface area contributed by atoms with Crippen molar-refractivity contribution < 1.29 is 14.4 Å². The van der Waals surface area contributed by atoms with E-state index in [-0.39, 0.29) is 30.6 Å². The van der Waals surface area contributed by atoms with Gasteiger partial charge in [0.15, 0.2) is 5.78 Å². The number of halogens is 1. The van der Waals surface area contributed by atoms with Crippen molar-refractivity contribution in [1.29, 1.82) is 0 Å². The molecule has 0 bridgehead atoms. The SMILES string of the molecule is CCN1C(=O)[C@H](CCCCN)CC(=O)[C@H](CCCN)NCc2ccccc2Sc2ccc(Cl)cc2CNC(=O)[C@@H]1Cc1c[nH]c2ccccc12. The molecule has 2 amide bonds. The highest BCUT2D eigenvalue weighted by atomic mass is 35.5. The Balaban J connectivity index is 1.57. The maximum Gasteiger partial charge on any atom is 0.243 e. The molecule has 1 aliphatic heterocycles. The predicted molar refractivity (Wildman–Crippen MR) is 202 cm³/mol. The van der Waals surface area contributed by atoms with Crippen LogP contribution in [0, 0.1) is 5.92 Å². The number of rotatable bonds is 10. The molecule has 0 aliphatic carbocycles. The zero-order chi connectivity index (χ0) is 35.5. The molecule has 0 unspecified atom stereocenters. The lowest BCUT2D eigenvalue weighted by Gasteiger charge is -2.33. The summed E-state index contributed by atoms with van der Waals surface area (Å²) >= 11 is 8.09. The van der Waals surface area contributed by atoms with Crippen LogP contribution in [0.25, 0.3) is 10.9 Å². The van der Waals surface area contributed by atoms with E-state index in [0.717, 1.165) is 43.8 Å². The Hall–Kier alpha value is -3.67. The number of nitrogens with two attached hydrogens (primary N) is 2. The van der Waals surface area contributed by atoms with Gasteiger partial charge < -0.3 is 32.0 Å². The number of carbonyl (C=O) groups is 3. The van der Waals surface area contributed by atoms with Crippen LogP contribution in [0.4, 0.5) is 0 Å². The highest BCUT2D eigenvalue weighted by molar-refractivity contribution is 7.99. The third kappa shape index (κ3) is 9.56. The molecule has 0 saturated heterocycles. The summed E-state index contributed by atoms with van der Waals surface area (Å²) in [4.78, 5) is 50.1. The van der Waals surface area contributed by atoms with E-state index in [0.29, 0.717) is 63.3 Å². The van der Waals surface area contributed by atoms with Gasteiger partial charge in [-0.05, 0) is 92.7 Å². The second kappa shape index (κ2) is 18.5. The van der Waals surface area contributed by atoms with Crippen molar-refractivity contribution in [3.8, 4) is 0 Å². The fourth-order valence-corrected chi connectivity index (χ4v) is 7.98. The molecular weight excluding hydrogens is 668 g/mol. The molecule has 3 aromatic carbocycles. The molecule has 1 aromatic heterocycles. The number of para-hydroxylation sites is 1. The van der Waals surface area contributed by atoms with Gasteiger partial charge in [0, 0.05) is 70.3 Å². The molecule has 0 fully saturated rings. The summed E-state index contributed by atoms with van der Waals surface area (Å²) in [5, 5.41) is 8.26. The highest BCUT2D eigenvalue weighted by Gasteiger charge is 2.35. The van der Waals surface area contributed by atoms with Crippen LogP contribution in [-0.4, -0.2) is 59.2 Å². The first kappa shape index (κ1) is 37.6. The number of nitrogens with zero attached hydrogens (tertiary/aromatic N) is 1. The second-order valence-electron chi connectivity index (χ2n) is 12.9. The monoisotopic (exact) mass is 716 g/mol. The number of aromatic nitrogens is 1. The number of fused-ring (bicyclic) bond motifs is 3. The Morgan fingerprint density at radius 3 is 2.44 bits per heavy atom. The van der Waals surface area contributed by atoms with Crippen LogP contribution in [-0.2, 0) is 33.9 Å². The molecule has 5 rings (SSSR count). The lowest BCUT2D eigenvalue weighted by atomic mass is 9.90. The van der Waals surface area contributed by atoms with Crippen molar-refractivity contribution in [2.45, 2.75) is 86.8 Å². The fourth-order valence-electron chi connectivity index (χ4n) is 6.74. The Bertz CT molecular complexity index is 1760. The maximum absolute atomic E-state index is 14.6. The summed E-state index contributed by atoms with van der Waals surface area (Å²) < 4.78 is 0. The smallest absolute Gasteiger partial charge is 0.243 e. The second-order valence-corrected chi connectivity index (χ2v) is 14.4. The van der Waals surface area contributed by atoms with Gasteiger partial charge in [-0.2, -0.15) is 0 Å². The number of likely N-dealkylation sites (N-methyl/N-ethyl adjacent to an activating group) is 1. The van der Waals surface area contributed by atoms with Gasteiger partial charge in [-0.15, -0.1) is 0 Å². The number of unbranched alkanes of at least 4 members (excludes halogenated alkanes) is 1. The van der Waals surface area contributed by atoms with Gasteiger partial charge in [0.1, 0.15) is 6.04 Å². The number of ketones is 1. The first-order chi connectivity index (χ1) is 24.3. The third-order valence-electron chi connectivity index (χ3n) is 9.49. The topological polar surface area (TPSA) is 146 Å². The molecular formula is C39H49ClN6O3S. The van der Waals surface area contributed by atoms with Crippen molar-refractivity contribution in [2.75, 3.05) is 19.6 Å². The van der Waals surface area contributed by atoms with E-state index in [1.54, 1.807) is 16.7 Å². The van der Waals surface area contributed by atoms with E-state index < -0.39 is 18.0 Å². The van der Waals surface area contributed by atoms with Crippen LogP contribution in [0.15, 0.2) is 82.7 Å². The van der Waals surface area contributed by atoms with E-state index >= 15 is 0 Å². The maximum atomic E-state index is 14.6. The number of benzene rings is 3. The third-order valence-corrected chi connectivity index (χ3v) is 11.0. The fraction of sp³-hybridized carbons (Fsp3) is 0.410. The molecule has 9 nitrogen and oxygen atoms in total. The lowest BCUT2D eigenvalue weighted by Crippen LogP contribution is -2.52. The number of amides is 2. The van der Waals surface area contributed by atoms with Crippen LogP contribution in [0.2, 0.25) is 5.02 Å². The number of Topliss-reactive ketones (excluding diaryl/α,β-unsaturated/α-hetero) is 1. The minimum Gasteiger partial charge on any atom is -0.361 e. The first-order valence-corrected chi connectivity index (χ1v) is 18.9. The summed E-state index contributed by atoms with van der Waals surface area (Å²) in [6.45, 7) is 3.87. The van der Waals surface area contributed by atoms with E-state index in [1.807, 2.05) is 67.7 Å². The summed E-state index contributed by atoms with van der Waals surface area (Å²) in [5.41, 5.74) is 15.6. The average molecular weight is 717 g/mol. The number of nitrogens with one attached hydrogen (secondary N) is 3. The van der Waals surface area contributed by atoms with Crippen molar-refractivity contribution in [2.24, 2.45) is 17.4 Å². The van der Waals surface area contributed by atoms with Crippen LogP contribution in [0.3, 0.4) is 0 Å². The van der Waals surface area contributed by atoms with Crippen LogP contribution < -0.4 is 22.1 Å². The van der Waals surface area contributed by atoms with Crippen molar-refractivity contribution in [3.05, 3.63) is 94.6 Å². The zero-order valence-corrected chi connectivity index (χ0v) is 30.3. The van der Waals surface area contributed by atoms with Crippen LogP contribution in [0.5, 0.6) is 0 Å². The van der Waals surface area contributed by atoms with Gasteiger partial charge in [0.2, 0.25) is 11.8 Å². The molecule has 7 N–H and O–H groups in total. The molecule has 3 atom stereocenters. The number of carbonyl (C=O) groups excluding carboxylic acids is 3. The van der Waals surface area contributed by atoms with Crippen LogP contribution in [0.1, 0.15) is 62.1 Å². The molecule has 266 valence electrons. The van der Waals surface area contributed by atoms with E-state index in [4.69, 9.17) is 23.1 Å². The van der Waals surface area contributed by atoms with Gasteiger partial charge in [-0.3, -0.25) is 14.4 Å². The normalized spacial score (nSPS) is 19.6. The average Bonchev–Trinajstić information content (AvgIpc) is 3.53. The van der Waals surface area contributed by atoms with Gasteiger partial charge >= 0.3 is 0 Å². The molecule has 2 heterocycles. The lowest BCUT2D eigenvalue weighted by molar-refractivity contribution is -0.145. The zero-order valence-electron chi connectivity index (χ0n) is 28.8. The first-order valence-electron chi connectivity index (χ1n) is 17.7. The van der Waals surface area contributed by atoms with Gasteiger partial charge in [0.05, 0.1) is 6.04 Å². The largest absolute Gasteiger partial charge is 0.361 e. The minimum absolute atomic E-state index is 0.0207. The number of H-pyrrole nitrogens is 1. The molecule has 11 heteroatoms. The standard InChI is InChI=1S/C39H49ClN6O3S/c1-2-46-34(21-28-24-43-32-13-5-4-12-31(28)32)38(48)45-25-29-20-30(40)16-17-37(29)50-36-15-6-3-11-27(36)23-44-33(14-9-19-42)35(47)22-26(39(46)49)10-7-8-18-41/h3-6,11-13,15-17,20,24,26,33-34,43-44H,2,7-10,14,18-19,21-23,25,41-42H2,1H3,(H,45,48)/t26-,33+,34+/m1/s1. The van der Waals surface area contributed by atoms with Crippen molar-refractivity contribution in [3.63, 3.8) is 0 Å². The summed E-state index contributed by atoms with van der Waals surface area (Å²) in [7, 11) is 0. The molecule has 0 spiro atoms. The van der Waals surface area contributed by atoms with E-state index in [2.05, 4.69) is 27.8 Å². The van der Waals surface area contributed by atoms with Gasteiger partial charge in [-0.25, -0.2) is 0 Å². The van der Waals surface area contributed by atoms with E-state index in [9.17, 15) is 14.4 Å². The number of hydrogen-bond acceptors (Lipinski definition) is 7. The number of aromatic amines is 1. The molecule has 4 aromatic rings. The van der Waals surface area contributed by atoms with Crippen LogP contribution >= 0.6 is 23.4 Å². The quantitative estimate of drug-likeness (QED) is 0.127. The predicted octanol–water partition coefficient (Wildman–Crippen LogP) is 5.96. The Morgan fingerprint density at radius 2 is 1.64 bits per heavy atom. The van der Waals surface area contributed by atoms with E-state index in [1.165, 1.54) is 0 Å². The highest BCUT2D eigenvalue weighted by Crippen LogP contribution is 2.35. The molecule has 0 radical (unpaired) electrons. The summed E-state index contributed by atoms with van der Waals surface area (Å²) in [6.07, 6.45) is 5.50.